The van der Waals surface area contributed by atoms with E-state index in [2.05, 4.69) is 10.0 Å². The molecule has 2 aromatic rings. The van der Waals surface area contributed by atoms with Gasteiger partial charge in [-0.25, -0.2) is 13.1 Å². The first-order valence-corrected chi connectivity index (χ1v) is 10.4. The Labute approximate surface area is 171 Å². The lowest BCUT2D eigenvalue weighted by molar-refractivity contribution is -0.118. The second-order valence-electron chi connectivity index (χ2n) is 6.61. The Hall–Kier alpha value is -2.78. The van der Waals surface area contributed by atoms with Gasteiger partial charge in [-0.2, -0.15) is 0 Å². The minimum absolute atomic E-state index is 0.144. The normalized spacial score (nSPS) is 11.2. The van der Waals surface area contributed by atoms with Gasteiger partial charge in [0.2, 0.25) is 10.0 Å². The molecule has 2 N–H and O–H groups in total. The second kappa shape index (κ2) is 9.62. The fourth-order valence-electron chi connectivity index (χ4n) is 2.58. The smallest absolute Gasteiger partial charge is 0.262 e. The Balaban J connectivity index is 2.02. The van der Waals surface area contributed by atoms with Crippen molar-refractivity contribution in [3.8, 4) is 17.2 Å². The number of carbonyl (C=O) groups excluding carboxylic acids is 1. The number of hydrogen-bond acceptors (Lipinski definition) is 6. The van der Waals surface area contributed by atoms with Crippen molar-refractivity contribution in [3.05, 3.63) is 42.0 Å². The van der Waals surface area contributed by atoms with Gasteiger partial charge in [0.25, 0.3) is 5.91 Å². The van der Waals surface area contributed by atoms with Gasteiger partial charge in [0.15, 0.2) is 18.1 Å². The molecule has 9 heteroatoms. The summed E-state index contributed by atoms with van der Waals surface area (Å²) in [5, 5.41) is 2.71. The Morgan fingerprint density at radius 2 is 1.66 bits per heavy atom. The van der Waals surface area contributed by atoms with Crippen LogP contribution in [0.15, 0.2) is 41.3 Å². The fourth-order valence-corrected chi connectivity index (χ4v) is 3.92. The minimum Gasteiger partial charge on any atom is -0.493 e. The lowest BCUT2D eigenvalue weighted by Gasteiger charge is -2.13. The quantitative estimate of drug-likeness (QED) is 0.644. The zero-order chi connectivity index (χ0) is 21.6. The summed E-state index contributed by atoms with van der Waals surface area (Å²) < 4.78 is 42.9. The van der Waals surface area contributed by atoms with E-state index in [-0.39, 0.29) is 23.5 Å². The first kappa shape index (κ1) is 22.5. The van der Waals surface area contributed by atoms with Crippen molar-refractivity contribution in [2.24, 2.45) is 0 Å². The number of hydrogen-bond donors (Lipinski definition) is 2. The highest BCUT2D eigenvalue weighted by Gasteiger charge is 2.17. The number of rotatable bonds is 9. The Kier molecular flexibility index (Phi) is 7.46. The third-order valence-electron chi connectivity index (χ3n) is 3.87. The van der Waals surface area contributed by atoms with E-state index in [9.17, 15) is 13.2 Å². The summed E-state index contributed by atoms with van der Waals surface area (Å²) in [4.78, 5) is 12.3. The summed E-state index contributed by atoms with van der Waals surface area (Å²) in [6, 6.07) is 9.29. The number of amides is 1. The average Bonchev–Trinajstić information content (AvgIpc) is 2.65. The molecule has 0 aromatic heterocycles. The van der Waals surface area contributed by atoms with Gasteiger partial charge >= 0.3 is 0 Å². The van der Waals surface area contributed by atoms with Crippen LogP contribution in [0.4, 0.5) is 5.69 Å². The van der Waals surface area contributed by atoms with Crippen LogP contribution < -0.4 is 24.2 Å². The molecule has 0 aliphatic rings. The fraction of sp³-hybridized carbons (Fsp3) is 0.350. The lowest BCUT2D eigenvalue weighted by Crippen LogP contribution is -2.30. The number of sulfonamides is 1. The lowest BCUT2D eigenvalue weighted by atomic mass is 10.2. The highest BCUT2D eigenvalue weighted by Crippen LogP contribution is 2.29. The van der Waals surface area contributed by atoms with Crippen LogP contribution in [0.3, 0.4) is 0 Å². The molecule has 0 spiro atoms. The van der Waals surface area contributed by atoms with Crippen LogP contribution in [0.1, 0.15) is 19.4 Å². The summed E-state index contributed by atoms with van der Waals surface area (Å²) in [5.41, 5.74) is 1.14. The van der Waals surface area contributed by atoms with Crippen molar-refractivity contribution < 1.29 is 27.4 Å². The number of anilines is 1. The van der Waals surface area contributed by atoms with Crippen molar-refractivity contribution >= 4 is 21.6 Å². The summed E-state index contributed by atoms with van der Waals surface area (Å²) >= 11 is 0. The molecular weight excluding hydrogens is 396 g/mol. The van der Waals surface area contributed by atoms with E-state index in [0.29, 0.717) is 28.5 Å². The third-order valence-corrected chi connectivity index (χ3v) is 5.53. The zero-order valence-corrected chi connectivity index (χ0v) is 17.9. The number of methoxy groups -OCH3 is 2. The molecule has 158 valence electrons. The van der Waals surface area contributed by atoms with E-state index in [1.165, 1.54) is 32.4 Å². The van der Waals surface area contributed by atoms with Crippen molar-refractivity contribution in [1.29, 1.82) is 0 Å². The molecule has 0 aliphatic carbocycles. The van der Waals surface area contributed by atoms with Crippen molar-refractivity contribution in [3.63, 3.8) is 0 Å². The first-order valence-electron chi connectivity index (χ1n) is 8.94. The summed E-state index contributed by atoms with van der Waals surface area (Å²) in [7, 11) is -0.551. The molecule has 1 amide bonds. The molecule has 0 radical (unpaired) electrons. The number of aryl methyl sites for hydroxylation is 1. The highest BCUT2D eigenvalue weighted by molar-refractivity contribution is 7.89. The molecule has 0 unspecified atom stereocenters. The van der Waals surface area contributed by atoms with E-state index in [4.69, 9.17) is 14.2 Å². The van der Waals surface area contributed by atoms with Crippen LogP contribution in [0.2, 0.25) is 0 Å². The van der Waals surface area contributed by atoms with Crippen molar-refractivity contribution in [2.75, 3.05) is 26.1 Å². The molecular formula is C20H26N2O6S. The van der Waals surface area contributed by atoms with Gasteiger partial charge in [-0.05, 0) is 56.7 Å². The SMILES string of the molecule is COc1ccc(NC(=O)COc2ccc(S(=O)(=O)NC(C)C)cc2C)cc1OC. The molecule has 0 saturated heterocycles. The molecule has 29 heavy (non-hydrogen) atoms. The van der Waals surface area contributed by atoms with Gasteiger partial charge in [0.05, 0.1) is 19.1 Å². The number of ether oxygens (including phenoxy) is 3. The van der Waals surface area contributed by atoms with E-state index < -0.39 is 10.0 Å². The van der Waals surface area contributed by atoms with E-state index >= 15 is 0 Å². The molecule has 0 bridgehead atoms. The Morgan fingerprint density at radius 3 is 2.24 bits per heavy atom. The topological polar surface area (TPSA) is 103 Å². The molecule has 0 saturated carbocycles. The van der Waals surface area contributed by atoms with Crippen LogP contribution >= 0.6 is 0 Å². The Morgan fingerprint density at radius 1 is 1.00 bits per heavy atom. The van der Waals surface area contributed by atoms with Gasteiger partial charge in [0, 0.05) is 17.8 Å². The molecule has 0 atom stereocenters. The first-order chi connectivity index (χ1) is 13.7. The maximum atomic E-state index is 12.2. The molecule has 0 fully saturated rings. The second-order valence-corrected chi connectivity index (χ2v) is 8.32. The molecule has 0 aliphatic heterocycles. The van der Waals surface area contributed by atoms with Gasteiger partial charge in [-0.3, -0.25) is 4.79 Å². The van der Waals surface area contributed by atoms with Crippen LogP contribution in [0, 0.1) is 6.92 Å². The van der Waals surface area contributed by atoms with E-state index in [0.717, 1.165) is 0 Å². The predicted molar refractivity (Wildman–Crippen MR) is 110 cm³/mol. The van der Waals surface area contributed by atoms with Crippen LogP contribution in [-0.4, -0.2) is 41.2 Å². The number of benzene rings is 2. The van der Waals surface area contributed by atoms with E-state index in [1.54, 1.807) is 39.0 Å². The predicted octanol–water partition coefficient (Wildman–Crippen LogP) is 2.72. The standard InChI is InChI=1S/C20H26N2O6S/c1-13(2)22-29(24,25)16-7-9-17(14(3)10-16)28-12-20(23)21-15-6-8-18(26-4)19(11-15)27-5/h6-11,13,22H,12H2,1-5H3,(H,21,23). The molecule has 0 heterocycles. The summed E-state index contributed by atoms with van der Waals surface area (Å²) in [5.74, 6) is 1.11. The molecule has 8 nitrogen and oxygen atoms in total. The zero-order valence-electron chi connectivity index (χ0n) is 17.1. The van der Waals surface area contributed by atoms with Gasteiger partial charge in [-0.1, -0.05) is 0 Å². The Bertz CT molecular complexity index is 973. The third kappa shape index (κ3) is 6.10. The monoisotopic (exact) mass is 422 g/mol. The maximum Gasteiger partial charge on any atom is 0.262 e. The van der Waals surface area contributed by atoms with Crippen LogP contribution in [0.5, 0.6) is 17.2 Å². The molecule has 2 aromatic carbocycles. The minimum atomic E-state index is -3.59. The largest absolute Gasteiger partial charge is 0.493 e. The maximum absolute atomic E-state index is 12.2. The summed E-state index contributed by atoms with van der Waals surface area (Å²) in [6.45, 7) is 4.99. The number of carbonyl (C=O) groups is 1. The average molecular weight is 423 g/mol. The van der Waals surface area contributed by atoms with E-state index in [1.807, 2.05) is 0 Å². The van der Waals surface area contributed by atoms with Crippen molar-refractivity contribution in [2.45, 2.75) is 31.7 Å². The highest BCUT2D eigenvalue weighted by atomic mass is 32.2. The van der Waals surface area contributed by atoms with Crippen LogP contribution in [0.25, 0.3) is 0 Å². The van der Waals surface area contributed by atoms with Gasteiger partial charge in [0.1, 0.15) is 5.75 Å². The van der Waals surface area contributed by atoms with Gasteiger partial charge in [-0.15, -0.1) is 0 Å². The van der Waals surface area contributed by atoms with Crippen LogP contribution in [-0.2, 0) is 14.8 Å². The van der Waals surface area contributed by atoms with Gasteiger partial charge < -0.3 is 19.5 Å². The summed E-state index contributed by atoms with van der Waals surface area (Å²) in [6.07, 6.45) is 0. The number of nitrogens with one attached hydrogen (secondary N) is 2. The van der Waals surface area contributed by atoms with Crippen molar-refractivity contribution in [1.82, 2.24) is 4.72 Å². The molecule has 2 rings (SSSR count).